The molecule has 0 saturated heterocycles. The van der Waals surface area contributed by atoms with Crippen LogP contribution in [0.3, 0.4) is 0 Å². The summed E-state index contributed by atoms with van der Waals surface area (Å²) in [5.74, 6) is -0.611. The molecule has 1 N–H and O–H groups in total. The number of aromatic nitrogens is 1. The van der Waals surface area contributed by atoms with Gasteiger partial charge in [-0.1, -0.05) is 52.0 Å². The minimum atomic E-state index is -4.74. The van der Waals surface area contributed by atoms with Gasteiger partial charge in [-0.2, -0.15) is 18.4 Å². The molecule has 3 rings (SSSR count). The molecule has 1 aromatic heterocycles. The Hall–Kier alpha value is -2.83. The molecule has 31 heavy (non-hydrogen) atoms. The number of carbonyl (C=O) groups excluding carboxylic acids is 1. The van der Waals surface area contributed by atoms with Gasteiger partial charge in [-0.05, 0) is 42.8 Å². The number of thioether (sulfide) groups is 1. The Kier molecular flexibility index (Phi) is 7.03. The summed E-state index contributed by atoms with van der Waals surface area (Å²) in [5, 5.41) is 11.9. The normalized spacial score (nSPS) is 11.1. The number of halogens is 4. The maximum Gasteiger partial charge on any atom is 0.417 e. The first-order chi connectivity index (χ1) is 14.7. The highest BCUT2D eigenvalue weighted by Gasteiger charge is 2.36. The third kappa shape index (κ3) is 5.87. The van der Waals surface area contributed by atoms with E-state index in [4.69, 9.17) is 0 Å². The predicted octanol–water partition coefficient (Wildman–Crippen LogP) is 6.44. The Balaban J connectivity index is 1.92. The topological polar surface area (TPSA) is 65.8 Å². The Morgan fingerprint density at radius 1 is 1.19 bits per heavy atom. The predicted molar refractivity (Wildman–Crippen MR) is 118 cm³/mol. The quantitative estimate of drug-likeness (QED) is 0.405. The average Bonchev–Trinajstić information content (AvgIpc) is 2.71. The largest absolute Gasteiger partial charge is 0.417 e. The molecule has 1 amide bonds. The van der Waals surface area contributed by atoms with Gasteiger partial charge in [0.15, 0.2) is 0 Å². The minimum Gasteiger partial charge on any atom is -0.325 e. The van der Waals surface area contributed by atoms with Crippen LogP contribution in [0.1, 0.15) is 16.7 Å². The first-order valence-corrected chi connectivity index (χ1v) is 10.7. The zero-order valence-electron chi connectivity index (χ0n) is 16.1. The Bertz CT molecular complexity index is 1160. The number of nitrogens with zero attached hydrogens (tertiary/aromatic N) is 2. The molecule has 1 heterocycles. The van der Waals surface area contributed by atoms with Crippen LogP contribution in [-0.4, -0.2) is 16.6 Å². The lowest BCUT2D eigenvalue weighted by Gasteiger charge is -2.14. The van der Waals surface area contributed by atoms with Crippen LogP contribution in [0.25, 0.3) is 11.3 Å². The fourth-order valence-corrected chi connectivity index (χ4v) is 3.85. The third-order valence-corrected chi connectivity index (χ3v) is 5.69. The van der Waals surface area contributed by atoms with Crippen molar-refractivity contribution in [2.45, 2.75) is 18.1 Å². The van der Waals surface area contributed by atoms with Crippen LogP contribution < -0.4 is 5.32 Å². The van der Waals surface area contributed by atoms with Crippen molar-refractivity contribution in [3.05, 3.63) is 75.8 Å². The van der Waals surface area contributed by atoms with Gasteiger partial charge in [0.1, 0.15) is 11.1 Å². The molecule has 3 aromatic rings. The van der Waals surface area contributed by atoms with Gasteiger partial charge < -0.3 is 5.32 Å². The molecule has 0 atom stereocenters. The summed E-state index contributed by atoms with van der Waals surface area (Å²) in [6.07, 6.45) is -4.74. The summed E-state index contributed by atoms with van der Waals surface area (Å²) in [6, 6.07) is 16.2. The highest BCUT2D eigenvalue weighted by molar-refractivity contribution is 9.10. The fraction of sp³-hybridized carbons (Fsp3) is 0.136. The van der Waals surface area contributed by atoms with E-state index < -0.39 is 23.2 Å². The second-order valence-corrected chi connectivity index (χ2v) is 8.44. The summed E-state index contributed by atoms with van der Waals surface area (Å²) < 4.78 is 41.6. The molecular weight excluding hydrogens is 491 g/mol. The van der Waals surface area contributed by atoms with Crippen molar-refractivity contribution in [2.24, 2.45) is 0 Å². The van der Waals surface area contributed by atoms with E-state index in [0.717, 1.165) is 27.9 Å². The summed E-state index contributed by atoms with van der Waals surface area (Å²) in [4.78, 5) is 16.6. The zero-order valence-corrected chi connectivity index (χ0v) is 18.5. The van der Waals surface area contributed by atoms with Gasteiger partial charge in [-0.15, -0.1) is 0 Å². The van der Waals surface area contributed by atoms with E-state index in [1.54, 1.807) is 48.5 Å². The Morgan fingerprint density at radius 2 is 1.90 bits per heavy atom. The summed E-state index contributed by atoms with van der Waals surface area (Å²) in [5.41, 5.74) is 0.394. The molecule has 0 aliphatic carbocycles. The van der Waals surface area contributed by atoms with Crippen LogP contribution >= 0.6 is 27.7 Å². The number of hydrogen-bond donors (Lipinski definition) is 1. The van der Waals surface area contributed by atoms with E-state index in [0.29, 0.717) is 11.3 Å². The van der Waals surface area contributed by atoms with Crippen molar-refractivity contribution in [3.63, 3.8) is 0 Å². The second-order valence-electron chi connectivity index (χ2n) is 6.56. The number of alkyl halides is 3. The van der Waals surface area contributed by atoms with Gasteiger partial charge in [-0.3, -0.25) is 4.79 Å². The SMILES string of the molecule is Cc1cccc(NC(=O)CSc2nc(-c3ccc(Br)cc3)cc(C(F)(F)F)c2C#N)c1. The zero-order chi connectivity index (χ0) is 22.6. The molecule has 158 valence electrons. The van der Waals surface area contributed by atoms with Crippen LogP contribution in [0.4, 0.5) is 18.9 Å². The second kappa shape index (κ2) is 9.54. The van der Waals surface area contributed by atoms with Crippen molar-refractivity contribution < 1.29 is 18.0 Å². The molecule has 0 saturated carbocycles. The fourth-order valence-electron chi connectivity index (χ4n) is 2.78. The lowest BCUT2D eigenvalue weighted by molar-refractivity contribution is -0.138. The number of nitrogens with one attached hydrogen (secondary N) is 1. The number of aryl methyl sites for hydroxylation is 1. The number of benzene rings is 2. The number of rotatable bonds is 5. The first-order valence-electron chi connectivity index (χ1n) is 8.95. The van der Waals surface area contributed by atoms with E-state index in [2.05, 4.69) is 26.2 Å². The van der Waals surface area contributed by atoms with Crippen LogP contribution in [0.5, 0.6) is 0 Å². The monoisotopic (exact) mass is 505 g/mol. The number of amides is 1. The molecular formula is C22H15BrF3N3OS. The first kappa shape index (κ1) is 22.8. The minimum absolute atomic E-state index is 0.0698. The van der Waals surface area contributed by atoms with E-state index in [1.807, 2.05) is 13.0 Å². The molecule has 0 unspecified atom stereocenters. The van der Waals surface area contributed by atoms with E-state index >= 15 is 0 Å². The molecule has 0 fully saturated rings. The molecule has 0 spiro atoms. The van der Waals surface area contributed by atoms with E-state index in [-0.39, 0.29) is 16.5 Å². The van der Waals surface area contributed by atoms with Crippen molar-refractivity contribution in [3.8, 4) is 17.3 Å². The smallest absolute Gasteiger partial charge is 0.325 e. The summed E-state index contributed by atoms with van der Waals surface area (Å²) in [6.45, 7) is 1.87. The van der Waals surface area contributed by atoms with Crippen molar-refractivity contribution in [1.29, 1.82) is 5.26 Å². The molecule has 9 heteroatoms. The summed E-state index contributed by atoms with van der Waals surface area (Å²) in [7, 11) is 0. The van der Waals surface area contributed by atoms with Gasteiger partial charge >= 0.3 is 6.18 Å². The third-order valence-electron chi connectivity index (χ3n) is 4.19. The Labute approximate surface area is 189 Å². The highest BCUT2D eigenvalue weighted by Crippen LogP contribution is 2.38. The highest BCUT2D eigenvalue weighted by atomic mass is 79.9. The van der Waals surface area contributed by atoms with Crippen molar-refractivity contribution in [1.82, 2.24) is 4.98 Å². The number of hydrogen-bond acceptors (Lipinski definition) is 4. The molecule has 0 bridgehead atoms. The molecule has 0 radical (unpaired) electrons. The molecule has 0 aliphatic rings. The summed E-state index contributed by atoms with van der Waals surface area (Å²) >= 11 is 4.07. The van der Waals surface area contributed by atoms with Crippen LogP contribution in [0.2, 0.25) is 0 Å². The standard InChI is InChI=1S/C22H15BrF3N3OS/c1-13-3-2-4-16(9-13)28-20(30)12-31-21-17(11-27)18(22(24,25)26)10-19(29-21)14-5-7-15(23)8-6-14/h2-10H,12H2,1H3,(H,28,30). The molecule has 2 aromatic carbocycles. The van der Waals surface area contributed by atoms with Crippen LogP contribution in [0.15, 0.2) is 64.1 Å². The maximum atomic E-state index is 13.6. The lowest BCUT2D eigenvalue weighted by Crippen LogP contribution is -2.15. The number of carbonyl (C=O) groups is 1. The van der Waals surface area contributed by atoms with Crippen LogP contribution in [-0.2, 0) is 11.0 Å². The van der Waals surface area contributed by atoms with Gasteiger partial charge in [0.2, 0.25) is 5.91 Å². The average molecular weight is 506 g/mol. The number of anilines is 1. The molecule has 0 aliphatic heterocycles. The van der Waals surface area contributed by atoms with Gasteiger partial charge in [0, 0.05) is 15.7 Å². The number of nitriles is 1. The van der Waals surface area contributed by atoms with Gasteiger partial charge in [0.25, 0.3) is 0 Å². The van der Waals surface area contributed by atoms with E-state index in [1.165, 1.54) is 0 Å². The van der Waals surface area contributed by atoms with Crippen molar-refractivity contribution >= 4 is 39.3 Å². The van der Waals surface area contributed by atoms with E-state index in [9.17, 15) is 23.2 Å². The van der Waals surface area contributed by atoms with Crippen molar-refractivity contribution in [2.75, 3.05) is 11.1 Å². The number of pyridine rings is 1. The van der Waals surface area contributed by atoms with Gasteiger partial charge in [0.05, 0.1) is 22.6 Å². The molecule has 4 nitrogen and oxygen atoms in total. The Morgan fingerprint density at radius 3 is 2.52 bits per heavy atom. The van der Waals surface area contributed by atoms with Crippen LogP contribution in [0, 0.1) is 18.3 Å². The van der Waals surface area contributed by atoms with Gasteiger partial charge in [-0.25, -0.2) is 4.98 Å². The lowest BCUT2D eigenvalue weighted by atomic mass is 10.1. The maximum absolute atomic E-state index is 13.6.